The van der Waals surface area contributed by atoms with Gasteiger partial charge in [-0.15, -0.1) is 24.8 Å². The third kappa shape index (κ3) is 3.79. The lowest BCUT2D eigenvalue weighted by Gasteiger charge is -2.26. The van der Waals surface area contributed by atoms with Crippen LogP contribution in [0.4, 0.5) is 18.9 Å². The molecule has 1 aliphatic carbocycles. The van der Waals surface area contributed by atoms with Crippen molar-refractivity contribution in [3.63, 3.8) is 0 Å². The third-order valence-electron chi connectivity index (χ3n) is 4.61. The molecular weight excluding hydrogens is 432 g/mol. The first-order valence-corrected chi connectivity index (χ1v) is 9.00. The van der Waals surface area contributed by atoms with Crippen molar-refractivity contribution in [3.8, 4) is 5.75 Å². The zero-order valence-corrected chi connectivity index (χ0v) is 16.2. The number of hydrogen-bond acceptors (Lipinski definition) is 3. The Kier molecular flexibility index (Phi) is 4.98. The molecule has 148 valence electrons. The van der Waals surface area contributed by atoms with Gasteiger partial charge in [0.05, 0.1) is 0 Å². The molecule has 2 amide bonds. The van der Waals surface area contributed by atoms with Crippen LogP contribution in [0.5, 0.6) is 5.75 Å². The summed E-state index contributed by atoms with van der Waals surface area (Å²) in [4.78, 5) is 26.4. The van der Waals surface area contributed by atoms with Crippen molar-refractivity contribution in [2.75, 3.05) is 18.5 Å². The van der Waals surface area contributed by atoms with E-state index in [-0.39, 0.29) is 18.1 Å². The zero-order chi connectivity index (χ0) is 20.2. The Morgan fingerprint density at radius 1 is 1.26 bits per heavy atom. The second kappa shape index (κ2) is 6.60. The molecule has 0 bridgehead atoms. The van der Waals surface area contributed by atoms with Gasteiger partial charge in [-0.3, -0.25) is 9.59 Å². The first kappa shape index (κ1) is 20.4. The van der Waals surface area contributed by atoms with E-state index >= 15 is 0 Å². The number of carbonyl (C=O) groups is 2. The fourth-order valence-corrected chi connectivity index (χ4v) is 4.06. The summed E-state index contributed by atoms with van der Waals surface area (Å²) in [5.74, 6) is -1.30. The van der Waals surface area contributed by atoms with Crippen LogP contribution < -0.4 is 9.64 Å². The molecule has 0 aromatic heterocycles. The lowest BCUT2D eigenvalue weighted by molar-refractivity contribution is -0.274. The number of hydrogen-bond donors (Lipinski definition) is 0. The normalized spacial score (nSPS) is 26.9. The number of rotatable bonds is 4. The van der Waals surface area contributed by atoms with Crippen LogP contribution in [-0.2, 0) is 9.59 Å². The standard InChI is InChI=1S/C16H14Cl3F3N2O3/c1-23(13(26)14(17)8-15(14,18)19)11-6-7-24(12(11)25)9-2-4-10(5-3-9)27-16(20,21)22/h2-5,11H,6-8H2,1H3. The van der Waals surface area contributed by atoms with E-state index in [1.807, 2.05) is 0 Å². The first-order valence-electron chi connectivity index (χ1n) is 7.87. The SMILES string of the molecule is CN(C(=O)C1(Cl)CC1(Cl)Cl)C1CCN(c2ccc(OC(F)(F)F)cc2)C1=O. The van der Waals surface area contributed by atoms with Crippen LogP contribution in [0.1, 0.15) is 12.8 Å². The van der Waals surface area contributed by atoms with Crippen LogP contribution in [0.15, 0.2) is 24.3 Å². The average molecular weight is 446 g/mol. The van der Waals surface area contributed by atoms with Crippen LogP contribution in [0.3, 0.4) is 0 Å². The second-order valence-electron chi connectivity index (χ2n) is 6.43. The van der Waals surface area contributed by atoms with Gasteiger partial charge in [0.15, 0.2) is 4.87 Å². The molecular formula is C16H14Cl3F3N2O3. The number of benzene rings is 1. The molecule has 1 aliphatic heterocycles. The average Bonchev–Trinajstić information content (AvgIpc) is 2.87. The van der Waals surface area contributed by atoms with Gasteiger partial charge in [0.2, 0.25) is 11.8 Å². The first-order chi connectivity index (χ1) is 12.4. The van der Waals surface area contributed by atoms with E-state index in [2.05, 4.69) is 4.74 Å². The lowest BCUT2D eigenvalue weighted by atomic mass is 10.2. The van der Waals surface area contributed by atoms with Crippen molar-refractivity contribution in [1.82, 2.24) is 4.90 Å². The highest BCUT2D eigenvalue weighted by Gasteiger charge is 2.72. The minimum absolute atomic E-state index is 0.0825. The van der Waals surface area contributed by atoms with Gasteiger partial charge >= 0.3 is 6.36 Å². The van der Waals surface area contributed by atoms with Crippen LogP contribution >= 0.6 is 34.8 Å². The summed E-state index contributed by atoms with van der Waals surface area (Å²) < 4.78 is 39.1. The molecule has 0 spiro atoms. The minimum Gasteiger partial charge on any atom is -0.406 e. The summed E-state index contributed by atoms with van der Waals surface area (Å²) in [6, 6.07) is 4.16. The number of ether oxygens (including phenoxy) is 1. The van der Waals surface area contributed by atoms with Crippen molar-refractivity contribution in [3.05, 3.63) is 24.3 Å². The number of halogens is 6. The van der Waals surface area contributed by atoms with Crippen molar-refractivity contribution in [2.45, 2.75) is 34.5 Å². The van der Waals surface area contributed by atoms with Crippen LogP contribution in [0.25, 0.3) is 0 Å². The highest BCUT2D eigenvalue weighted by molar-refractivity contribution is 6.62. The highest BCUT2D eigenvalue weighted by Crippen LogP contribution is 2.62. The Morgan fingerprint density at radius 2 is 1.81 bits per heavy atom. The molecule has 1 saturated carbocycles. The molecule has 0 N–H and O–H groups in total. The van der Waals surface area contributed by atoms with Gasteiger partial charge in [0.25, 0.3) is 0 Å². The predicted octanol–water partition coefficient (Wildman–Crippen LogP) is 3.70. The number of nitrogens with zero attached hydrogens (tertiary/aromatic N) is 2. The fraction of sp³-hybridized carbons (Fsp3) is 0.500. The Hall–Kier alpha value is -1.38. The Bertz CT molecular complexity index is 772. The number of amides is 2. The van der Waals surface area contributed by atoms with Gasteiger partial charge in [-0.1, -0.05) is 23.2 Å². The molecule has 5 nitrogen and oxygen atoms in total. The molecule has 0 radical (unpaired) electrons. The van der Waals surface area contributed by atoms with Gasteiger partial charge in [-0.25, -0.2) is 0 Å². The van der Waals surface area contributed by atoms with E-state index in [4.69, 9.17) is 34.8 Å². The second-order valence-corrected chi connectivity index (χ2v) is 8.56. The molecule has 1 aromatic rings. The van der Waals surface area contributed by atoms with Crippen molar-refractivity contribution in [2.24, 2.45) is 0 Å². The van der Waals surface area contributed by atoms with Crippen LogP contribution in [-0.4, -0.2) is 51.9 Å². The number of likely N-dealkylation sites (N-methyl/N-ethyl adjacent to an activating group) is 1. The van der Waals surface area contributed by atoms with E-state index in [0.29, 0.717) is 18.7 Å². The monoisotopic (exact) mass is 444 g/mol. The van der Waals surface area contributed by atoms with Crippen molar-refractivity contribution in [1.29, 1.82) is 0 Å². The maximum Gasteiger partial charge on any atom is 0.573 e. The van der Waals surface area contributed by atoms with E-state index in [0.717, 1.165) is 12.1 Å². The van der Waals surface area contributed by atoms with Crippen molar-refractivity contribution < 1.29 is 27.5 Å². The summed E-state index contributed by atoms with van der Waals surface area (Å²) in [7, 11) is 1.45. The van der Waals surface area contributed by atoms with Gasteiger partial charge in [0, 0.05) is 25.7 Å². The molecule has 3 rings (SSSR count). The summed E-state index contributed by atoms with van der Waals surface area (Å²) in [6.45, 7) is 0.294. The summed E-state index contributed by atoms with van der Waals surface area (Å²) >= 11 is 18.0. The zero-order valence-electron chi connectivity index (χ0n) is 13.9. The summed E-state index contributed by atoms with van der Waals surface area (Å²) in [5.41, 5.74) is 0.397. The van der Waals surface area contributed by atoms with Crippen LogP contribution in [0.2, 0.25) is 0 Å². The van der Waals surface area contributed by atoms with Crippen molar-refractivity contribution >= 4 is 52.3 Å². The van der Waals surface area contributed by atoms with Gasteiger partial charge < -0.3 is 14.5 Å². The summed E-state index contributed by atoms with van der Waals surface area (Å²) in [6.07, 6.45) is -4.37. The molecule has 11 heteroatoms. The number of carbonyl (C=O) groups excluding carboxylic acids is 2. The van der Waals surface area contributed by atoms with Gasteiger partial charge in [-0.2, -0.15) is 0 Å². The molecule has 27 heavy (non-hydrogen) atoms. The quantitative estimate of drug-likeness (QED) is 0.664. The van der Waals surface area contributed by atoms with Gasteiger partial charge in [-0.05, 0) is 30.7 Å². The fourth-order valence-electron chi connectivity index (χ4n) is 3.02. The topological polar surface area (TPSA) is 49.9 Å². The number of anilines is 1. The maximum absolute atomic E-state index is 12.7. The molecule has 2 unspecified atom stereocenters. The Labute approximate surface area is 167 Å². The molecule has 2 aliphatic rings. The van der Waals surface area contributed by atoms with E-state index < -0.39 is 27.5 Å². The molecule has 1 aromatic carbocycles. The summed E-state index contributed by atoms with van der Waals surface area (Å²) in [5, 5.41) is 0. The van der Waals surface area contributed by atoms with E-state index in [1.165, 1.54) is 29.0 Å². The largest absolute Gasteiger partial charge is 0.573 e. The molecule has 1 heterocycles. The molecule has 1 saturated heterocycles. The molecule has 2 atom stereocenters. The maximum atomic E-state index is 12.7. The highest BCUT2D eigenvalue weighted by atomic mass is 35.5. The van der Waals surface area contributed by atoms with E-state index in [1.54, 1.807) is 0 Å². The number of alkyl halides is 6. The molecule has 2 fully saturated rings. The third-order valence-corrected chi connectivity index (χ3v) is 6.33. The minimum atomic E-state index is -4.79. The predicted molar refractivity (Wildman–Crippen MR) is 94.3 cm³/mol. The lowest BCUT2D eigenvalue weighted by Crippen LogP contribution is -2.47. The smallest absolute Gasteiger partial charge is 0.406 e. The Morgan fingerprint density at radius 3 is 2.30 bits per heavy atom. The van der Waals surface area contributed by atoms with Gasteiger partial charge in [0.1, 0.15) is 16.1 Å². The van der Waals surface area contributed by atoms with E-state index in [9.17, 15) is 22.8 Å². The van der Waals surface area contributed by atoms with Crippen LogP contribution in [0, 0.1) is 0 Å². The Balaban J connectivity index is 1.69.